The van der Waals surface area contributed by atoms with Crippen LogP contribution in [0.15, 0.2) is 76.9 Å². The highest BCUT2D eigenvalue weighted by Crippen LogP contribution is 2.27. The van der Waals surface area contributed by atoms with Crippen molar-refractivity contribution in [1.82, 2.24) is 10.2 Å². The zero-order valence-electron chi connectivity index (χ0n) is 20.8. The number of nitrogens with one attached hydrogen (secondary N) is 1. The third kappa shape index (κ3) is 8.47. The molecule has 0 spiro atoms. The van der Waals surface area contributed by atoms with Gasteiger partial charge in [0.05, 0.1) is 4.90 Å². The van der Waals surface area contributed by atoms with E-state index in [1.165, 1.54) is 24.3 Å². The third-order valence-corrected chi connectivity index (χ3v) is 6.37. The summed E-state index contributed by atoms with van der Waals surface area (Å²) in [5.41, 5.74) is 1.34. The van der Waals surface area contributed by atoms with Crippen LogP contribution < -0.4 is 5.32 Å². The minimum absolute atomic E-state index is 0.0411. The maximum atomic E-state index is 13.4. The zero-order chi connectivity index (χ0) is 26.0. The largest absolute Gasteiger partial charge is 0.355 e. The molecule has 2 rings (SSSR count). The van der Waals surface area contributed by atoms with Gasteiger partial charge in [0, 0.05) is 37.7 Å². The van der Waals surface area contributed by atoms with Gasteiger partial charge in [-0.05, 0) is 60.7 Å². The second-order valence-corrected chi connectivity index (χ2v) is 10.5. The van der Waals surface area contributed by atoms with Gasteiger partial charge in [0.2, 0.25) is 0 Å². The summed E-state index contributed by atoms with van der Waals surface area (Å²) in [5, 5.41) is 2.88. The summed E-state index contributed by atoms with van der Waals surface area (Å²) in [6.07, 6.45) is 7.33. The number of carbonyl (C=O) groups is 1. The predicted molar refractivity (Wildman–Crippen MR) is 141 cm³/mol. The minimum atomic E-state index is -3.52. The summed E-state index contributed by atoms with van der Waals surface area (Å²) < 4.78 is 37.6. The molecule has 0 aliphatic rings. The fourth-order valence-electron chi connectivity index (χ4n) is 3.35. The molecular formula is C27H34FN3O3S. The van der Waals surface area contributed by atoms with E-state index in [2.05, 4.69) is 30.7 Å². The van der Waals surface area contributed by atoms with Gasteiger partial charge in [-0.15, -0.1) is 0 Å². The number of benzene rings is 2. The lowest BCUT2D eigenvalue weighted by molar-refractivity contribution is 0.0950. The Labute approximate surface area is 208 Å². The van der Waals surface area contributed by atoms with Gasteiger partial charge in [0.15, 0.2) is 9.84 Å². The van der Waals surface area contributed by atoms with Crippen LogP contribution in [0.3, 0.4) is 0 Å². The van der Waals surface area contributed by atoms with E-state index in [0.717, 1.165) is 18.5 Å². The Morgan fingerprint density at radius 1 is 1.20 bits per heavy atom. The molecule has 2 aromatic rings. The van der Waals surface area contributed by atoms with Crippen molar-refractivity contribution >= 4 is 22.0 Å². The van der Waals surface area contributed by atoms with Crippen molar-refractivity contribution in [3.63, 3.8) is 0 Å². The van der Waals surface area contributed by atoms with E-state index in [0.29, 0.717) is 36.7 Å². The predicted octanol–water partition coefficient (Wildman–Crippen LogP) is 5.09. The molecule has 0 bridgehead atoms. The number of sulfone groups is 1. The lowest BCUT2D eigenvalue weighted by atomic mass is 9.99. The average molecular weight is 500 g/mol. The lowest BCUT2D eigenvalue weighted by Crippen LogP contribution is -2.34. The highest BCUT2D eigenvalue weighted by Gasteiger charge is 2.18. The van der Waals surface area contributed by atoms with Crippen molar-refractivity contribution in [2.75, 3.05) is 25.9 Å². The van der Waals surface area contributed by atoms with Crippen LogP contribution in [0.5, 0.6) is 0 Å². The van der Waals surface area contributed by atoms with Gasteiger partial charge in [0.1, 0.15) is 11.6 Å². The average Bonchev–Trinajstić information content (AvgIpc) is 2.80. The maximum Gasteiger partial charge on any atom is 0.252 e. The molecule has 0 unspecified atom stereocenters. The van der Waals surface area contributed by atoms with Crippen molar-refractivity contribution in [3.8, 4) is 11.1 Å². The number of amides is 1. The second kappa shape index (κ2) is 13.0. The van der Waals surface area contributed by atoms with Gasteiger partial charge in [-0.2, -0.15) is 0 Å². The summed E-state index contributed by atoms with van der Waals surface area (Å²) in [6, 6.07) is 10.1. The molecule has 1 amide bonds. The van der Waals surface area contributed by atoms with Gasteiger partial charge < -0.3 is 10.2 Å². The molecule has 35 heavy (non-hydrogen) atoms. The van der Waals surface area contributed by atoms with E-state index >= 15 is 0 Å². The minimum Gasteiger partial charge on any atom is -0.355 e. The van der Waals surface area contributed by atoms with E-state index in [1.54, 1.807) is 24.3 Å². The Balaban J connectivity index is 2.24. The topological polar surface area (TPSA) is 78.8 Å². The van der Waals surface area contributed by atoms with E-state index < -0.39 is 21.6 Å². The zero-order valence-corrected chi connectivity index (χ0v) is 21.6. The summed E-state index contributed by atoms with van der Waals surface area (Å²) in [7, 11) is -3.52. The summed E-state index contributed by atoms with van der Waals surface area (Å²) in [4.78, 5) is 19.8. The highest BCUT2D eigenvalue weighted by molar-refractivity contribution is 7.90. The fourth-order valence-corrected chi connectivity index (χ4v) is 4.00. The summed E-state index contributed by atoms with van der Waals surface area (Å²) in [5.74, 6) is 0.439. The number of likely N-dealkylation sites (N-methyl/N-ethyl adjacent to an activating group) is 1. The quantitative estimate of drug-likeness (QED) is 0.326. The number of aliphatic imine (C=N–C) groups is 1. The van der Waals surface area contributed by atoms with Gasteiger partial charge in [-0.25, -0.2) is 17.8 Å². The summed E-state index contributed by atoms with van der Waals surface area (Å²) >= 11 is 0. The normalized spacial score (nSPS) is 12.2. The molecule has 6 nitrogen and oxygen atoms in total. The van der Waals surface area contributed by atoms with Crippen LogP contribution in [0.25, 0.3) is 11.1 Å². The Morgan fingerprint density at radius 3 is 2.46 bits per heavy atom. The monoisotopic (exact) mass is 499 g/mol. The molecule has 0 fully saturated rings. The molecule has 0 aliphatic carbocycles. The fraction of sp³-hybridized carbons (Fsp3) is 0.333. The molecule has 8 heteroatoms. The molecule has 2 aromatic carbocycles. The molecule has 188 valence electrons. The Bertz CT molecular complexity index is 1190. The first-order chi connectivity index (χ1) is 16.6. The van der Waals surface area contributed by atoms with E-state index in [9.17, 15) is 17.6 Å². The van der Waals surface area contributed by atoms with Crippen LogP contribution in [0, 0.1) is 11.7 Å². The van der Waals surface area contributed by atoms with E-state index in [4.69, 9.17) is 0 Å². The number of allylic oxidation sites excluding steroid dienone is 2. The smallest absolute Gasteiger partial charge is 0.252 e. The van der Waals surface area contributed by atoms with Crippen molar-refractivity contribution < 1.29 is 17.6 Å². The molecule has 0 saturated carbocycles. The van der Waals surface area contributed by atoms with Crippen molar-refractivity contribution in [3.05, 3.63) is 78.4 Å². The number of carbonyl (C=O) groups excluding carboxylic acids is 1. The summed E-state index contributed by atoms with van der Waals surface area (Å²) in [6.45, 7) is 11.5. The van der Waals surface area contributed by atoms with Crippen LogP contribution in [0.2, 0.25) is 0 Å². The first-order valence-corrected chi connectivity index (χ1v) is 13.4. The SMILES string of the molecule is C=C/C=C(\N=C/CC(C)C)N(CC)CCNC(=O)c1cc(S(C)(=O)=O)ccc1-c1ccc(F)cc1. The van der Waals surface area contributed by atoms with Gasteiger partial charge >= 0.3 is 0 Å². The standard InChI is InChI=1S/C27H34FN3O3S/c1-6-8-26(29-16-15-20(3)4)31(7-2)18-17-30-27(32)25-19-23(35(5,33)34)13-14-24(25)21-9-11-22(28)12-10-21/h6,8-14,16,19-20H,1,7,15,17-18H2,2-5H3,(H,30,32)/b26-8+,29-16-. The van der Waals surface area contributed by atoms with Gasteiger partial charge in [-0.3, -0.25) is 4.79 Å². The van der Waals surface area contributed by atoms with E-state index in [-0.39, 0.29) is 10.5 Å². The number of rotatable bonds is 12. The Kier molecular flexibility index (Phi) is 10.4. The van der Waals surface area contributed by atoms with Crippen LogP contribution in [-0.2, 0) is 9.84 Å². The second-order valence-electron chi connectivity index (χ2n) is 8.52. The number of hydrogen-bond donors (Lipinski definition) is 1. The van der Waals surface area contributed by atoms with Crippen LogP contribution >= 0.6 is 0 Å². The van der Waals surface area contributed by atoms with Crippen molar-refractivity contribution in [2.24, 2.45) is 10.9 Å². The van der Waals surface area contributed by atoms with Crippen LogP contribution in [0.1, 0.15) is 37.6 Å². The first-order valence-electron chi connectivity index (χ1n) is 11.5. The van der Waals surface area contributed by atoms with Crippen LogP contribution in [0.4, 0.5) is 4.39 Å². The molecule has 0 heterocycles. The van der Waals surface area contributed by atoms with Crippen molar-refractivity contribution in [1.29, 1.82) is 0 Å². The van der Waals surface area contributed by atoms with Crippen molar-refractivity contribution in [2.45, 2.75) is 32.1 Å². The number of nitrogens with zero attached hydrogens (tertiary/aromatic N) is 2. The Morgan fingerprint density at radius 2 is 1.89 bits per heavy atom. The van der Waals surface area contributed by atoms with E-state index in [1.807, 2.05) is 24.1 Å². The molecule has 0 saturated heterocycles. The number of halogens is 1. The molecule has 0 aromatic heterocycles. The highest BCUT2D eigenvalue weighted by atomic mass is 32.2. The van der Waals surface area contributed by atoms with Crippen LogP contribution in [-0.4, -0.2) is 51.3 Å². The molecule has 1 N–H and O–H groups in total. The maximum absolute atomic E-state index is 13.4. The molecule has 0 aliphatic heterocycles. The third-order valence-electron chi connectivity index (χ3n) is 5.26. The molecule has 0 radical (unpaired) electrons. The van der Waals surface area contributed by atoms with Gasteiger partial charge in [0.25, 0.3) is 5.91 Å². The lowest BCUT2D eigenvalue weighted by Gasteiger charge is -2.23. The van der Waals surface area contributed by atoms with Gasteiger partial charge in [-0.1, -0.05) is 44.7 Å². The molecular weight excluding hydrogens is 465 g/mol. The first kappa shape index (κ1) is 28.0. The molecule has 0 atom stereocenters. The Hall–Kier alpha value is -3.26. The number of hydrogen-bond acceptors (Lipinski definition) is 5.